The molecule has 0 saturated carbocycles. The zero-order valence-corrected chi connectivity index (χ0v) is 23.2. The number of piperazine rings is 1. The molecule has 0 N–H and O–H groups in total. The Balaban J connectivity index is 1.29. The number of aromatic nitrogens is 2. The fraction of sp³-hybridized carbons (Fsp3) is 0.188. The van der Waals surface area contributed by atoms with Gasteiger partial charge in [-0.3, -0.25) is 19.8 Å². The molecule has 1 saturated heterocycles. The first-order chi connectivity index (χ1) is 21.1. The Morgan fingerprint density at radius 1 is 0.864 bits per heavy atom. The number of alkyl halides is 3. The van der Waals surface area contributed by atoms with Gasteiger partial charge in [-0.05, 0) is 65.7 Å². The molecule has 0 bridgehead atoms. The number of carbonyl (C=O) groups is 1. The number of hydrogen-bond acceptors (Lipinski definition) is 5. The molecule has 12 heteroatoms. The largest absolute Gasteiger partial charge is 0.416 e. The molecule has 3 heterocycles. The van der Waals surface area contributed by atoms with E-state index in [2.05, 4.69) is 4.90 Å². The van der Waals surface area contributed by atoms with Crippen molar-refractivity contribution in [1.82, 2.24) is 19.2 Å². The second kappa shape index (κ2) is 11.5. The van der Waals surface area contributed by atoms with Gasteiger partial charge in [-0.25, -0.2) is 9.37 Å². The van der Waals surface area contributed by atoms with Gasteiger partial charge in [-0.15, -0.1) is 0 Å². The van der Waals surface area contributed by atoms with E-state index < -0.39 is 22.5 Å². The van der Waals surface area contributed by atoms with Crippen LogP contribution in [-0.4, -0.2) is 56.2 Å². The monoisotopic (exact) mass is 603 g/mol. The summed E-state index contributed by atoms with van der Waals surface area (Å²) in [5.74, 6) is -0.684. The SMILES string of the molecule is O=C(c1cccc([N+](=O)[O-])c1)N1CCN(Cc2c(-c3ccc(F)cc3)nc3ccc(-c4cccc(C(F)(F)F)c4)cn23)CC1. The third-order valence-corrected chi connectivity index (χ3v) is 7.70. The molecule has 1 aliphatic rings. The van der Waals surface area contributed by atoms with Crippen LogP contribution in [-0.2, 0) is 12.7 Å². The molecule has 0 aliphatic carbocycles. The lowest BCUT2D eigenvalue weighted by atomic mass is 10.0. The van der Waals surface area contributed by atoms with Crippen LogP contribution in [0.3, 0.4) is 0 Å². The van der Waals surface area contributed by atoms with E-state index in [9.17, 15) is 32.5 Å². The van der Waals surface area contributed by atoms with Gasteiger partial charge in [0.15, 0.2) is 0 Å². The van der Waals surface area contributed by atoms with E-state index in [0.29, 0.717) is 60.8 Å². The van der Waals surface area contributed by atoms with E-state index in [1.54, 1.807) is 47.5 Å². The van der Waals surface area contributed by atoms with Gasteiger partial charge >= 0.3 is 6.18 Å². The van der Waals surface area contributed by atoms with Crippen LogP contribution in [0.25, 0.3) is 28.0 Å². The molecule has 0 unspecified atom stereocenters. The van der Waals surface area contributed by atoms with E-state index >= 15 is 0 Å². The van der Waals surface area contributed by atoms with Gasteiger partial charge in [0.05, 0.1) is 21.9 Å². The highest BCUT2D eigenvalue weighted by molar-refractivity contribution is 5.95. The molecule has 3 aromatic carbocycles. The molecule has 1 fully saturated rings. The zero-order chi connectivity index (χ0) is 31.0. The number of nitro groups is 1. The van der Waals surface area contributed by atoms with Crippen LogP contribution in [0.15, 0.2) is 91.1 Å². The van der Waals surface area contributed by atoms with Crippen molar-refractivity contribution in [3.8, 4) is 22.4 Å². The van der Waals surface area contributed by atoms with Gasteiger partial charge in [0.25, 0.3) is 11.6 Å². The quantitative estimate of drug-likeness (QED) is 0.123. The Hall–Kier alpha value is -5.10. The molecule has 1 aliphatic heterocycles. The third kappa shape index (κ3) is 5.88. The Labute approximate surface area is 248 Å². The smallest absolute Gasteiger partial charge is 0.336 e. The number of nitrogens with zero attached hydrogens (tertiary/aromatic N) is 5. The van der Waals surface area contributed by atoms with Crippen molar-refractivity contribution in [2.24, 2.45) is 0 Å². The second-order valence-corrected chi connectivity index (χ2v) is 10.5. The summed E-state index contributed by atoms with van der Waals surface area (Å²) in [7, 11) is 0. The van der Waals surface area contributed by atoms with E-state index in [0.717, 1.165) is 17.8 Å². The third-order valence-electron chi connectivity index (χ3n) is 7.70. The molecule has 2 aromatic heterocycles. The Morgan fingerprint density at radius 3 is 2.27 bits per heavy atom. The first-order valence-corrected chi connectivity index (χ1v) is 13.8. The van der Waals surface area contributed by atoms with Crippen LogP contribution in [0.4, 0.5) is 23.2 Å². The first kappa shape index (κ1) is 29.0. The van der Waals surface area contributed by atoms with Crippen LogP contribution in [0.2, 0.25) is 0 Å². The summed E-state index contributed by atoms with van der Waals surface area (Å²) >= 11 is 0. The van der Waals surface area contributed by atoms with Crippen molar-refractivity contribution in [3.63, 3.8) is 0 Å². The molecule has 5 aromatic rings. The summed E-state index contributed by atoms with van der Waals surface area (Å²) in [4.78, 5) is 32.2. The molecule has 1 amide bonds. The van der Waals surface area contributed by atoms with Crippen molar-refractivity contribution in [3.05, 3.63) is 124 Å². The summed E-state index contributed by atoms with van der Waals surface area (Å²) in [6, 6.07) is 20.2. The highest BCUT2D eigenvalue weighted by Crippen LogP contribution is 2.33. The van der Waals surface area contributed by atoms with Crippen molar-refractivity contribution < 1.29 is 27.3 Å². The predicted octanol–water partition coefficient (Wildman–Crippen LogP) is 6.69. The van der Waals surface area contributed by atoms with Crippen LogP contribution >= 0.6 is 0 Å². The maximum Gasteiger partial charge on any atom is 0.416 e. The number of imidazole rings is 1. The van der Waals surface area contributed by atoms with E-state index in [1.165, 1.54) is 36.4 Å². The normalized spacial score (nSPS) is 14.2. The summed E-state index contributed by atoms with van der Waals surface area (Å²) in [5, 5.41) is 11.1. The standard InChI is InChI=1S/C32H25F4N5O3/c33-26-10-7-21(8-11-26)30-28(20-38-13-15-39(16-14-38)31(42)23-4-2-6-27(18-23)41(43)44)40-19-24(9-12-29(40)37-30)22-3-1-5-25(17-22)32(34,35)36/h1-12,17-19H,13-16,20H2. The number of fused-ring (bicyclic) bond motifs is 1. The molecular weight excluding hydrogens is 578 g/mol. The number of hydrogen-bond donors (Lipinski definition) is 0. The van der Waals surface area contributed by atoms with E-state index in [1.807, 2.05) is 4.40 Å². The van der Waals surface area contributed by atoms with Crippen molar-refractivity contribution in [2.45, 2.75) is 12.7 Å². The van der Waals surface area contributed by atoms with Gasteiger partial charge in [0.2, 0.25) is 0 Å². The number of nitro benzene ring substituents is 1. The first-order valence-electron chi connectivity index (χ1n) is 13.8. The fourth-order valence-corrected chi connectivity index (χ4v) is 5.39. The highest BCUT2D eigenvalue weighted by Gasteiger charge is 2.30. The maximum absolute atomic E-state index is 13.7. The summed E-state index contributed by atoms with van der Waals surface area (Å²) < 4.78 is 55.8. The average Bonchev–Trinajstić information content (AvgIpc) is 3.38. The van der Waals surface area contributed by atoms with Gasteiger partial charge in [-0.1, -0.05) is 18.2 Å². The number of carbonyl (C=O) groups excluding carboxylic acids is 1. The number of benzene rings is 3. The molecule has 0 spiro atoms. The number of rotatable bonds is 6. The van der Waals surface area contributed by atoms with Crippen LogP contribution in [0.5, 0.6) is 0 Å². The zero-order valence-electron chi connectivity index (χ0n) is 23.2. The minimum absolute atomic E-state index is 0.153. The van der Waals surface area contributed by atoms with Crippen molar-refractivity contribution in [1.29, 1.82) is 0 Å². The van der Waals surface area contributed by atoms with Crippen LogP contribution < -0.4 is 0 Å². The van der Waals surface area contributed by atoms with Gasteiger partial charge in [0.1, 0.15) is 11.5 Å². The average molecular weight is 604 g/mol. The Morgan fingerprint density at radius 2 is 1.57 bits per heavy atom. The minimum Gasteiger partial charge on any atom is -0.336 e. The number of non-ortho nitro benzene ring substituents is 1. The van der Waals surface area contributed by atoms with Gasteiger partial charge in [0, 0.05) is 62.2 Å². The minimum atomic E-state index is -4.48. The fourth-order valence-electron chi connectivity index (χ4n) is 5.39. The maximum atomic E-state index is 13.7. The van der Waals surface area contributed by atoms with E-state index in [4.69, 9.17) is 4.98 Å². The highest BCUT2D eigenvalue weighted by atomic mass is 19.4. The Kier molecular flexibility index (Phi) is 7.60. The van der Waals surface area contributed by atoms with E-state index in [-0.39, 0.29) is 17.2 Å². The van der Waals surface area contributed by atoms with Crippen LogP contribution in [0, 0.1) is 15.9 Å². The van der Waals surface area contributed by atoms with Crippen molar-refractivity contribution >= 4 is 17.2 Å². The molecule has 224 valence electrons. The summed E-state index contributed by atoms with van der Waals surface area (Å²) in [6.07, 6.45) is -2.73. The lowest BCUT2D eigenvalue weighted by Gasteiger charge is -2.34. The molecule has 6 rings (SSSR count). The molecular formula is C32H25F4N5O3. The topological polar surface area (TPSA) is 84.0 Å². The lowest BCUT2D eigenvalue weighted by Crippen LogP contribution is -2.48. The molecule has 8 nitrogen and oxygen atoms in total. The van der Waals surface area contributed by atoms with Crippen molar-refractivity contribution in [2.75, 3.05) is 26.2 Å². The summed E-state index contributed by atoms with van der Waals surface area (Å²) in [6.45, 7) is 2.19. The molecule has 0 atom stereocenters. The number of halogens is 4. The van der Waals surface area contributed by atoms with Crippen LogP contribution in [0.1, 0.15) is 21.6 Å². The van der Waals surface area contributed by atoms with Gasteiger partial charge < -0.3 is 9.30 Å². The second-order valence-electron chi connectivity index (χ2n) is 10.5. The molecule has 0 radical (unpaired) electrons. The number of amides is 1. The lowest BCUT2D eigenvalue weighted by molar-refractivity contribution is -0.384. The Bertz CT molecular complexity index is 1860. The summed E-state index contributed by atoms with van der Waals surface area (Å²) in [5.41, 5.74) is 2.96. The number of pyridine rings is 1. The van der Waals surface area contributed by atoms with Gasteiger partial charge in [-0.2, -0.15) is 13.2 Å². The predicted molar refractivity (Wildman–Crippen MR) is 155 cm³/mol. The molecule has 44 heavy (non-hydrogen) atoms.